The number of carbonyl (C=O) groups is 2. The lowest BCUT2D eigenvalue weighted by Crippen LogP contribution is -2.56. The number of aliphatic hydroxyl groups is 2. The molecule has 41 heavy (non-hydrogen) atoms. The van der Waals surface area contributed by atoms with Gasteiger partial charge in [0.05, 0.1) is 35.3 Å². The van der Waals surface area contributed by atoms with E-state index in [9.17, 15) is 29.3 Å². The summed E-state index contributed by atoms with van der Waals surface area (Å²) in [6.45, 7) is 5.21. The molecule has 4 atom stereocenters. The van der Waals surface area contributed by atoms with E-state index in [1.54, 1.807) is 63.2 Å². The highest BCUT2D eigenvalue weighted by Gasteiger charge is 2.55. The average molecular weight is 565 g/mol. The van der Waals surface area contributed by atoms with Crippen molar-refractivity contribution in [3.63, 3.8) is 0 Å². The molecule has 3 aromatic rings. The first-order valence-corrected chi connectivity index (χ1v) is 13.2. The van der Waals surface area contributed by atoms with Gasteiger partial charge in [-0.15, -0.1) is 0 Å². The van der Waals surface area contributed by atoms with Crippen LogP contribution < -0.4 is 20.7 Å². The molecule has 0 aliphatic carbocycles. The molecule has 0 saturated heterocycles. The third kappa shape index (κ3) is 6.31. The molecule has 4 unspecified atom stereocenters. The number of hydrogen-bond donors (Lipinski definition) is 6. The lowest BCUT2D eigenvalue weighted by Gasteiger charge is -2.36. The van der Waals surface area contributed by atoms with Crippen LogP contribution in [0.1, 0.15) is 37.9 Å². The fraction of sp³-hybridized carbons (Fsp3) is 0.300. The third-order valence-corrected chi connectivity index (χ3v) is 7.05. The summed E-state index contributed by atoms with van der Waals surface area (Å²) < 4.78 is 19.9. The Labute approximate surface area is 236 Å². The highest BCUT2D eigenvalue weighted by atomic mass is 19.1. The zero-order valence-electron chi connectivity index (χ0n) is 22.9. The molecular formula is C30H33FN4O6. The lowest BCUT2D eigenvalue weighted by atomic mass is 9.73. The maximum absolute atomic E-state index is 13.9. The molecular weight excluding hydrogens is 531 g/mol. The summed E-state index contributed by atoms with van der Waals surface area (Å²) in [6, 6.07) is 12.6. The van der Waals surface area contributed by atoms with E-state index in [-0.39, 0.29) is 18.5 Å². The number of carboxylic acid groups (broad SMARTS) is 1. The van der Waals surface area contributed by atoms with E-state index in [1.807, 2.05) is 0 Å². The van der Waals surface area contributed by atoms with Crippen LogP contribution >= 0.6 is 0 Å². The van der Waals surface area contributed by atoms with E-state index < -0.39 is 41.5 Å². The number of pyridine rings is 1. The van der Waals surface area contributed by atoms with Gasteiger partial charge in [0.2, 0.25) is 0 Å². The van der Waals surface area contributed by atoms with Crippen LogP contribution in [0.3, 0.4) is 0 Å². The SMILES string of the molecule is CCC(O)C1NC(c2cc(Oc3ccc(NC(=O)Nc4cc(C)ccc4F)cc3)ccn2)=CC1(C(=O)O)C(O)CC. The van der Waals surface area contributed by atoms with Gasteiger partial charge in [-0.05, 0) is 73.9 Å². The molecule has 11 heteroatoms. The molecule has 0 spiro atoms. The van der Waals surface area contributed by atoms with Crippen molar-refractivity contribution in [1.82, 2.24) is 10.3 Å². The van der Waals surface area contributed by atoms with E-state index in [0.717, 1.165) is 5.56 Å². The molecule has 1 aliphatic heterocycles. The molecule has 2 amide bonds. The number of aryl methyl sites for hydroxylation is 1. The second-order valence-electron chi connectivity index (χ2n) is 9.88. The van der Waals surface area contributed by atoms with Crippen LogP contribution in [0.2, 0.25) is 0 Å². The molecule has 216 valence electrons. The molecule has 0 bridgehead atoms. The third-order valence-electron chi connectivity index (χ3n) is 7.05. The molecule has 0 saturated carbocycles. The number of aliphatic hydroxyl groups excluding tert-OH is 2. The molecule has 0 fully saturated rings. The predicted octanol–water partition coefficient (Wildman–Crippen LogP) is 4.89. The van der Waals surface area contributed by atoms with E-state index in [4.69, 9.17) is 4.74 Å². The molecule has 10 nitrogen and oxygen atoms in total. The second-order valence-corrected chi connectivity index (χ2v) is 9.88. The largest absolute Gasteiger partial charge is 0.480 e. The first kappa shape index (κ1) is 29.5. The number of aromatic nitrogens is 1. The first-order valence-electron chi connectivity index (χ1n) is 13.2. The topological polar surface area (TPSA) is 153 Å². The number of carbonyl (C=O) groups excluding carboxylic acids is 1. The maximum Gasteiger partial charge on any atom is 0.323 e. The Morgan fingerprint density at radius 2 is 1.78 bits per heavy atom. The fourth-order valence-corrected chi connectivity index (χ4v) is 4.82. The minimum absolute atomic E-state index is 0.0723. The van der Waals surface area contributed by atoms with Crippen LogP contribution in [0.25, 0.3) is 5.70 Å². The number of hydrogen-bond acceptors (Lipinski definition) is 7. The van der Waals surface area contributed by atoms with Gasteiger partial charge in [-0.2, -0.15) is 0 Å². The number of nitrogens with one attached hydrogen (secondary N) is 3. The Morgan fingerprint density at radius 1 is 1.05 bits per heavy atom. The smallest absolute Gasteiger partial charge is 0.323 e. The number of benzene rings is 2. The molecule has 0 radical (unpaired) electrons. The summed E-state index contributed by atoms with van der Waals surface area (Å²) >= 11 is 0. The number of anilines is 2. The van der Waals surface area contributed by atoms with Crippen molar-refractivity contribution in [2.24, 2.45) is 5.41 Å². The normalized spacial score (nSPS) is 19.5. The molecule has 6 N–H and O–H groups in total. The van der Waals surface area contributed by atoms with Crippen molar-refractivity contribution in [3.05, 3.63) is 83.9 Å². The summed E-state index contributed by atoms with van der Waals surface area (Å²) in [7, 11) is 0. The fourth-order valence-electron chi connectivity index (χ4n) is 4.82. The van der Waals surface area contributed by atoms with E-state index in [0.29, 0.717) is 28.6 Å². The standard InChI is InChI=1S/C30H33FN4O6/c1-4-25(36)27-30(28(38)39,26(37)5-2)16-24(34-27)23-15-20(12-13-32-23)41-19-9-7-18(8-10-19)33-29(40)35-22-14-17(3)6-11-21(22)31/h6-16,25-27,34,36-37H,4-5H2,1-3H3,(H,38,39)(H2,33,35,40). The first-order chi connectivity index (χ1) is 19.6. The van der Waals surface area contributed by atoms with Crippen LogP contribution in [-0.4, -0.2) is 50.6 Å². The Bertz CT molecular complexity index is 1450. The predicted molar refractivity (Wildman–Crippen MR) is 152 cm³/mol. The monoisotopic (exact) mass is 564 g/mol. The molecule has 2 aromatic carbocycles. The minimum Gasteiger partial charge on any atom is -0.480 e. The van der Waals surface area contributed by atoms with Gasteiger partial charge in [0.25, 0.3) is 0 Å². The Kier molecular flexibility index (Phi) is 8.89. The van der Waals surface area contributed by atoms with Gasteiger partial charge in [-0.3, -0.25) is 9.78 Å². The number of urea groups is 1. The molecule has 2 heterocycles. The molecule has 1 aromatic heterocycles. The van der Waals surface area contributed by atoms with Gasteiger partial charge >= 0.3 is 12.0 Å². The Morgan fingerprint density at radius 3 is 2.44 bits per heavy atom. The van der Waals surface area contributed by atoms with Crippen molar-refractivity contribution in [2.45, 2.75) is 51.9 Å². The van der Waals surface area contributed by atoms with Crippen molar-refractivity contribution >= 4 is 29.1 Å². The van der Waals surface area contributed by atoms with Gasteiger partial charge < -0.3 is 36.0 Å². The lowest BCUT2D eigenvalue weighted by molar-refractivity contribution is -0.156. The van der Waals surface area contributed by atoms with E-state index in [1.165, 1.54) is 24.4 Å². The van der Waals surface area contributed by atoms with Crippen LogP contribution in [-0.2, 0) is 4.79 Å². The van der Waals surface area contributed by atoms with Crippen LogP contribution in [0, 0.1) is 18.2 Å². The summed E-state index contributed by atoms with van der Waals surface area (Å²) in [5.41, 5.74) is 0.333. The second kappa shape index (κ2) is 12.4. The highest BCUT2D eigenvalue weighted by molar-refractivity contribution is 5.99. The zero-order valence-corrected chi connectivity index (χ0v) is 22.9. The van der Waals surface area contributed by atoms with Crippen molar-refractivity contribution in [2.75, 3.05) is 10.6 Å². The number of aliphatic carboxylic acids is 1. The van der Waals surface area contributed by atoms with Crippen LogP contribution in [0.15, 0.2) is 66.9 Å². The maximum atomic E-state index is 13.9. The van der Waals surface area contributed by atoms with Gasteiger partial charge in [-0.25, -0.2) is 9.18 Å². The average Bonchev–Trinajstić information content (AvgIpc) is 3.38. The number of rotatable bonds is 10. The summed E-state index contributed by atoms with van der Waals surface area (Å²) in [4.78, 5) is 29.1. The van der Waals surface area contributed by atoms with E-state index >= 15 is 0 Å². The molecule has 1 aliphatic rings. The number of amides is 2. The Hall–Kier alpha value is -4.48. The van der Waals surface area contributed by atoms with Gasteiger partial charge in [0.15, 0.2) is 0 Å². The summed E-state index contributed by atoms with van der Waals surface area (Å²) in [6.07, 6.45) is 1.13. The quantitative estimate of drug-likeness (QED) is 0.204. The van der Waals surface area contributed by atoms with Crippen LogP contribution in [0.4, 0.5) is 20.6 Å². The Balaban J connectivity index is 1.48. The number of carboxylic acids is 1. The number of ether oxygens (including phenoxy) is 1. The molecule has 4 rings (SSSR count). The zero-order chi connectivity index (χ0) is 29.7. The van der Waals surface area contributed by atoms with Crippen molar-refractivity contribution in [3.8, 4) is 11.5 Å². The summed E-state index contributed by atoms with van der Waals surface area (Å²) in [5.74, 6) is -0.929. The van der Waals surface area contributed by atoms with Gasteiger partial charge in [0.1, 0.15) is 22.7 Å². The van der Waals surface area contributed by atoms with Crippen LogP contribution in [0.5, 0.6) is 11.5 Å². The van der Waals surface area contributed by atoms with E-state index in [2.05, 4.69) is 20.9 Å². The summed E-state index contributed by atoms with van der Waals surface area (Å²) in [5, 5.41) is 39.6. The van der Waals surface area contributed by atoms with Crippen molar-refractivity contribution in [1.29, 1.82) is 0 Å². The highest BCUT2D eigenvalue weighted by Crippen LogP contribution is 2.41. The van der Waals surface area contributed by atoms with Crippen molar-refractivity contribution < 1.29 is 34.0 Å². The number of nitrogens with zero attached hydrogens (tertiary/aromatic N) is 1. The minimum atomic E-state index is -1.74. The van der Waals surface area contributed by atoms with Gasteiger partial charge in [-0.1, -0.05) is 19.9 Å². The van der Waals surface area contributed by atoms with Gasteiger partial charge in [0, 0.05) is 18.0 Å². The number of halogens is 1.